The lowest BCUT2D eigenvalue weighted by Gasteiger charge is -2.12. The highest BCUT2D eigenvalue weighted by atomic mass is 127. The van der Waals surface area contributed by atoms with Gasteiger partial charge in [-0.15, -0.1) is 16.8 Å². The fourth-order valence-corrected chi connectivity index (χ4v) is 4.59. The fraction of sp³-hybridized carbons (Fsp3) is 0.154. The molecule has 1 aromatic heterocycles. The lowest BCUT2D eigenvalue weighted by Crippen LogP contribution is -2.27. The number of fused-ring (bicyclic) bond motifs is 1. The molecule has 7 nitrogen and oxygen atoms in total. The summed E-state index contributed by atoms with van der Waals surface area (Å²) in [7, 11) is 0. The number of carbonyl (C=O) groups is 1. The van der Waals surface area contributed by atoms with Crippen molar-refractivity contribution in [2.45, 2.75) is 30.4 Å². The van der Waals surface area contributed by atoms with Crippen LogP contribution in [0, 0.1) is 3.57 Å². The molecule has 2 N–H and O–H groups in total. The van der Waals surface area contributed by atoms with Gasteiger partial charge in [0, 0.05) is 15.8 Å². The van der Waals surface area contributed by atoms with Gasteiger partial charge < -0.3 is 9.88 Å². The molecule has 9 heteroatoms. The molecular formula is C26H25IN6OS. The number of carbonyl (C=O) groups excluding carboxylic acids is 1. The molecule has 0 aliphatic carbocycles. The fourth-order valence-electron chi connectivity index (χ4n) is 3.36. The molecule has 35 heavy (non-hydrogen) atoms. The second-order valence-electron chi connectivity index (χ2n) is 7.76. The molecule has 4 aromatic rings. The van der Waals surface area contributed by atoms with Crippen molar-refractivity contribution in [3.8, 4) is 0 Å². The van der Waals surface area contributed by atoms with E-state index in [9.17, 15) is 4.79 Å². The average Bonchev–Trinajstić information content (AvgIpc) is 3.24. The summed E-state index contributed by atoms with van der Waals surface area (Å²) in [5.41, 5.74) is 4.55. The molecule has 0 saturated carbocycles. The highest BCUT2D eigenvalue weighted by Crippen LogP contribution is 2.23. The van der Waals surface area contributed by atoms with Gasteiger partial charge in [-0.05, 0) is 76.2 Å². The summed E-state index contributed by atoms with van der Waals surface area (Å²) in [5, 5.41) is 18.7. The van der Waals surface area contributed by atoms with Crippen LogP contribution in [0.25, 0.3) is 10.8 Å². The van der Waals surface area contributed by atoms with Gasteiger partial charge in [-0.3, -0.25) is 4.79 Å². The third kappa shape index (κ3) is 6.70. The van der Waals surface area contributed by atoms with Gasteiger partial charge in [0.1, 0.15) is 0 Å². The Hall–Kier alpha value is -3.18. The number of allylic oxidation sites excluding steroid dienone is 1. The molecule has 1 amide bonds. The first-order valence-electron chi connectivity index (χ1n) is 11.0. The number of aromatic nitrogens is 3. The predicted molar refractivity (Wildman–Crippen MR) is 152 cm³/mol. The van der Waals surface area contributed by atoms with E-state index >= 15 is 0 Å². The molecule has 0 radical (unpaired) electrons. The predicted octanol–water partition coefficient (Wildman–Crippen LogP) is 5.46. The second kappa shape index (κ2) is 12.0. The number of rotatable bonds is 10. The van der Waals surface area contributed by atoms with Gasteiger partial charge in [-0.1, -0.05) is 54.2 Å². The lowest BCUT2D eigenvalue weighted by molar-refractivity contribution is -0.120. The summed E-state index contributed by atoms with van der Waals surface area (Å²) < 4.78 is 3.13. The van der Waals surface area contributed by atoms with E-state index in [-0.39, 0.29) is 5.91 Å². The van der Waals surface area contributed by atoms with Crippen molar-refractivity contribution in [1.82, 2.24) is 20.2 Å². The van der Waals surface area contributed by atoms with E-state index in [4.69, 9.17) is 0 Å². The molecule has 0 aliphatic heterocycles. The minimum atomic E-state index is -0.409. The standard InChI is InChI=1S/C26H25IN6OS/c1-3-14-33-24(17-28-23-12-10-22(27)11-13-23)30-32-26(33)35-18(2)25(34)31-29-16-19-8-9-20-6-4-5-7-21(20)15-19/h3-13,15-16,18,28H,1,14,17H2,2H3,(H,31,34)/b29-16-/t18-/m1/s1. The van der Waals surface area contributed by atoms with Gasteiger partial charge in [0.2, 0.25) is 0 Å². The van der Waals surface area contributed by atoms with Crippen molar-refractivity contribution in [3.63, 3.8) is 0 Å². The Labute approximate surface area is 222 Å². The van der Waals surface area contributed by atoms with Crippen LogP contribution in [0.15, 0.2) is 89.6 Å². The molecule has 4 rings (SSSR count). The number of hydrogen-bond donors (Lipinski definition) is 2. The number of nitrogens with one attached hydrogen (secondary N) is 2. The van der Waals surface area contributed by atoms with Crippen molar-refractivity contribution in [1.29, 1.82) is 0 Å². The quantitative estimate of drug-likeness (QED) is 0.0835. The van der Waals surface area contributed by atoms with Crippen LogP contribution >= 0.6 is 34.4 Å². The Morgan fingerprint density at radius 2 is 1.91 bits per heavy atom. The molecule has 0 saturated heterocycles. The van der Waals surface area contributed by atoms with Gasteiger partial charge in [-0.2, -0.15) is 5.10 Å². The van der Waals surface area contributed by atoms with Crippen molar-refractivity contribution in [3.05, 3.63) is 94.3 Å². The molecule has 178 valence electrons. The maximum absolute atomic E-state index is 12.6. The summed E-state index contributed by atoms with van der Waals surface area (Å²) in [5.74, 6) is 0.562. The van der Waals surface area contributed by atoms with Gasteiger partial charge in [0.05, 0.1) is 18.0 Å². The molecule has 0 bridgehead atoms. The van der Waals surface area contributed by atoms with Crippen LogP contribution in [0.3, 0.4) is 0 Å². The Bertz CT molecular complexity index is 1350. The molecule has 3 aromatic carbocycles. The highest BCUT2D eigenvalue weighted by Gasteiger charge is 2.19. The number of anilines is 1. The molecule has 0 spiro atoms. The maximum atomic E-state index is 12.6. The van der Waals surface area contributed by atoms with Crippen LogP contribution < -0.4 is 10.7 Å². The first-order chi connectivity index (χ1) is 17.0. The number of hydrogen-bond acceptors (Lipinski definition) is 6. The van der Waals surface area contributed by atoms with Crippen LogP contribution in [-0.4, -0.2) is 32.1 Å². The number of halogens is 1. The van der Waals surface area contributed by atoms with Crippen LogP contribution in [0.1, 0.15) is 18.3 Å². The molecular weight excluding hydrogens is 571 g/mol. The van der Waals surface area contributed by atoms with Crippen molar-refractivity contribution in [2.24, 2.45) is 5.10 Å². The zero-order valence-corrected chi connectivity index (χ0v) is 22.2. The summed E-state index contributed by atoms with van der Waals surface area (Å²) in [4.78, 5) is 12.6. The summed E-state index contributed by atoms with van der Waals surface area (Å²) in [6.45, 7) is 6.73. The van der Waals surface area contributed by atoms with Crippen LogP contribution in [0.5, 0.6) is 0 Å². The van der Waals surface area contributed by atoms with Crippen LogP contribution in [0.4, 0.5) is 5.69 Å². The Balaban J connectivity index is 1.36. The monoisotopic (exact) mass is 596 g/mol. The molecule has 0 unspecified atom stereocenters. The molecule has 0 aliphatic rings. The number of benzene rings is 3. The SMILES string of the molecule is C=CCn1c(CNc2ccc(I)cc2)nnc1S[C@H](C)C(=O)N/N=C\c1ccc2ccccc2c1. The number of nitrogens with zero attached hydrogens (tertiary/aromatic N) is 4. The van der Waals surface area contributed by atoms with Crippen molar-refractivity contribution >= 4 is 62.9 Å². The largest absolute Gasteiger partial charge is 0.378 e. The van der Waals surface area contributed by atoms with Crippen LogP contribution in [0.2, 0.25) is 0 Å². The first kappa shape index (κ1) is 24.9. The van der Waals surface area contributed by atoms with E-state index < -0.39 is 5.25 Å². The van der Waals surface area contributed by atoms with Crippen molar-refractivity contribution < 1.29 is 4.79 Å². The van der Waals surface area contributed by atoms with Crippen molar-refractivity contribution in [2.75, 3.05) is 5.32 Å². The van der Waals surface area contributed by atoms with E-state index in [0.29, 0.717) is 18.2 Å². The van der Waals surface area contributed by atoms with Gasteiger partial charge in [0.25, 0.3) is 5.91 Å². The smallest absolute Gasteiger partial charge is 0.253 e. The maximum Gasteiger partial charge on any atom is 0.253 e. The second-order valence-corrected chi connectivity index (χ2v) is 10.3. The van der Waals surface area contributed by atoms with E-state index in [1.54, 1.807) is 12.3 Å². The summed E-state index contributed by atoms with van der Waals surface area (Å²) in [6, 6.07) is 22.3. The third-order valence-electron chi connectivity index (χ3n) is 5.21. The number of amides is 1. The Kier molecular flexibility index (Phi) is 8.54. The molecule has 1 atom stereocenters. The first-order valence-corrected chi connectivity index (χ1v) is 13.0. The number of thioether (sulfide) groups is 1. The molecule has 1 heterocycles. The van der Waals surface area contributed by atoms with Gasteiger partial charge >= 0.3 is 0 Å². The van der Waals surface area contributed by atoms with Gasteiger partial charge in [-0.25, -0.2) is 5.43 Å². The average molecular weight is 596 g/mol. The highest BCUT2D eigenvalue weighted by molar-refractivity contribution is 14.1. The third-order valence-corrected chi connectivity index (χ3v) is 7.01. The van der Waals surface area contributed by atoms with E-state index in [1.807, 2.05) is 72.2 Å². The van der Waals surface area contributed by atoms with Gasteiger partial charge in [0.15, 0.2) is 11.0 Å². The summed E-state index contributed by atoms with van der Waals surface area (Å²) in [6.07, 6.45) is 3.44. The van der Waals surface area contributed by atoms with E-state index in [2.05, 4.69) is 61.3 Å². The number of hydrazone groups is 1. The zero-order valence-electron chi connectivity index (χ0n) is 19.2. The van der Waals surface area contributed by atoms with Crippen LogP contribution in [-0.2, 0) is 17.9 Å². The van der Waals surface area contributed by atoms with E-state index in [0.717, 1.165) is 27.8 Å². The Morgan fingerprint density at radius 1 is 1.14 bits per heavy atom. The topological polar surface area (TPSA) is 84.2 Å². The minimum Gasteiger partial charge on any atom is -0.378 e. The Morgan fingerprint density at radius 3 is 2.69 bits per heavy atom. The van der Waals surface area contributed by atoms with E-state index in [1.165, 1.54) is 15.3 Å². The normalized spacial score (nSPS) is 12.1. The zero-order chi connectivity index (χ0) is 24.6. The lowest BCUT2D eigenvalue weighted by atomic mass is 10.1. The molecule has 0 fully saturated rings. The summed E-state index contributed by atoms with van der Waals surface area (Å²) >= 11 is 3.61. The minimum absolute atomic E-state index is 0.209.